The van der Waals surface area contributed by atoms with Crippen LogP contribution in [0.15, 0.2) is 0 Å². The Morgan fingerprint density at radius 2 is 1.60 bits per heavy atom. The van der Waals surface area contributed by atoms with Crippen molar-refractivity contribution in [2.45, 2.75) is 186 Å². The number of hydrogen-bond acceptors (Lipinski definition) is 15. The van der Waals surface area contributed by atoms with E-state index in [-0.39, 0.29) is 50.3 Å². The third kappa shape index (κ3) is 10.2. The van der Waals surface area contributed by atoms with Crippen LogP contribution in [0, 0.1) is 36.0 Å². The highest BCUT2D eigenvalue weighted by atomic mass is 16.7. The van der Waals surface area contributed by atoms with Crippen molar-refractivity contribution in [2.75, 3.05) is 41.0 Å². The summed E-state index contributed by atoms with van der Waals surface area (Å²) in [5, 5.41) is 33.0. The van der Waals surface area contributed by atoms with Crippen LogP contribution in [-0.2, 0) is 47.5 Å². The molecule has 0 spiro atoms. The van der Waals surface area contributed by atoms with Crippen molar-refractivity contribution in [3.8, 4) is 12.3 Å². The van der Waals surface area contributed by atoms with Crippen LogP contribution in [0.4, 0.5) is 4.79 Å². The van der Waals surface area contributed by atoms with E-state index in [1.165, 1.54) is 19.1 Å². The summed E-state index contributed by atoms with van der Waals surface area (Å²) in [5.41, 5.74) is -3.82. The fourth-order valence-electron chi connectivity index (χ4n) is 10.3. The highest BCUT2D eigenvalue weighted by Crippen LogP contribution is 2.44. The molecule has 4 rings (SSSR count). The molecule has 0 aromatic carbocycles. The van der Waals surface area contributed by atoms with E-state index in [1.807, 2.05) is 32.7 Å². The van der Waals surface area contributed by atoms with Gasteiger partial charge in [-0.25, -0.2) is 4.79 Å². The molecule has 0 aromatic rings. The molecular formula is C44H74N2O14. The summed E-state index contributed by atoms with van der Waals surface area (Å²) in [4.78, 5) is 46.2. The number of terminal acetylenes is 1. The molecule has 0 unspecified atom stereocenters. The van der Waals surface area contributed by atoms with Gasteiger partial charge >= 0.3 is 12.1 Å². The zero-order valence-electron chi connectivity index (χ0n) is 38.1. The Morgan fingerprint density at radius 1 is 0.950 bits per heavy atom. The van der Waals surface area contributed by atoms with Gasteiger partial charge in [0, 0.05) is 63.9 Å². The summed E-state index contributed by atoms with van der Waals surface area (Å²) in [6, 6.07) is -1.27. The van der Waals surface area contributed by atoms with E-state index in [0.717, 1.165) is 0 Å². The molecule has 4 aliphatic heterocycles. The first-order valence-electron chi connectivity index (χ1n) is 21.6. The van der Waals surface area contributed by atoms with Crippen molar-refractivity contribution in [2.24, 2.45) is 23.7 Å². The van der Waals surface area contributed by atoms with Crippen LogP contribution in [0.3, 0.4) is 0 Å². The van der Waals surface area contributed by atoms with Gasteiger partial charge in [0.05, 0.1) is 54.2 Å². The molecule has 0 radical (unpaired) electrons. The van der Waals surface area contributed by atoms with Gasteiger partial charge in [0.25, 0.3) is 0 Å². The van der Waals surface area contributed by atoms with E-state index in [4.69, 9.17) is 44.3 Å². The summed E-state index contributed by atoms with van der Waals surface area (Å²) < 4.78 is 50.9. The van der Waals surface area contributed by atoms with Crippen molar-refractivity contribution < 1.29 is 67.6 Å². The van der Waals surface area contributed by atoms with Crippen LogP contribution in [0.5, 0.6) is 0 Å². The first-order chi connectivity index (χ1) is 28.1. The van der Waals surface area contributed by atoms with Crippen LogP contribution in [-0.4, -0.2) is 168 Å². The lowest BCUT2D eigenvalue weighted by Crippen LogP contribution is -2.62. The lowest BCUT2D eigenvalue weighted by Gasteiger charge is -2.50. The summed E-state index contributed by atoms with van der Waals surface area (Å²) in [6.07, 6.45) is -2.01. The Kier molecular flexibility index (Phi) is 17.1. The number of cyclic esters (lactones) is 1. The van der Waals surface area contributed by atoms with Gasteiger partial charge in [0.2, 0.25) is 0 Å². The zero-order chi connectivity index (χ0) is 45.1. The number of likely N-dealkylation sites (N-methyl/N-ethyl adjacent to an activating group) is 1. The minimum Gasteiger partial charge on any atom is -0.458 e. The number of hydrogen-bond donors (Lipinski definition) is 3. The predicted molar refractivity (Wildman–Crippen MR) is 219 cm³/mol. The van der Waals surface area contributed by atoms with E-state index >= 15 is 0 Å². The van der Waals surface area contributed by atoms with Gasteiger partial charge in [0.1, 0.15) is 24.1 Å². The standard InChI is InChI=1S/C44H74N2O14/c1-15-17-18-45(12)30-21-25(4)55-40(34(30)49)59-38-27(6)35(58-32-23-42(9,53-13)37(50)29(8)56-32)28(7)39(51)57-31(16-2)44(11)36(46(19-20-47)41(52)60-44)26(5)33(48)24(3)22-43(38,10)54-14/h1,24-32,34-38,40,47,49-50H,16-23H2,2-14H3/t24-,25-,26+,27+,28-,29+,30+,31-,32+,34-,35+,36-,37+,38-,40+,42-,43-,44-/m1/s1. The summed E-state index contributed by atoms with van der Waals surface area (Å²) in [6.45, 7) is 17.8. The molecule has 0 aromatic heterocycles. The number of amides is 1. The molecule has 0 saturated carbocycles. The number of esters is 1. The number of aliphatic hydroxyl groups is 3. The van der Waals surface area contributed by atoms with Gasteiger partial charge in [-0.3, -0.25) is 19.4 Å². The fourth-order valence-corrected chi connectivity index (χ4v) is 10.3. The van der Waals surface area contributed by atoms with E-state index in [0.29, 0.717) is 19.4 Å². The van der Waals surface area contributed by atoms with Crippen LogP contribution in [0.25, 0.3) is 0 Å². The zero-order valence-corrected chi connectivity index (χ0v) is 38.1. The molecule has 4 aliphatic rings. The number of β-amino-alcohol motifs (C(OH)–C–C–N with tert-alkyl or cyclic N) is 1. The summed E-state index contributed by atoms with van der Waals surface area (Å²) in [5.74, 6) is -1.51. The molecule has 16 nitrogen and oxygen atoms in total. The van der Waals surface area contributed by atoms with Gasteiger partial charge in [-0.05, 0) is 67.9 Å². The summed E-state index contributed by atoms with van der Waals surface area (Å²) >= 11 is 0. The van der Waals surface area contributed by atoms with E-state index in [2.05, 4.69) is 5.92 Å². The SMILES string of the molecule is C#CCCN(C)[C@H]1C[C@@H](C)O[C@@H](O[C@@H]2[C@@H](C)[C@H](O[C@H]3C[C@@](C)(OC)[C@@H](O)[C@H](C)O3)[C@@H](C)C(=O)O[C@H](CC)[C@@]3(C)OC(=O)N(CCO)[C@@H]3[C@@H](C)C(=O)[C@H](C)C[C@@]2(C)OC)[C@@H]1O. The second-order valence-corrected chi connectivity index (χ2v) is 18.3. The molecule has 16 heteroatoms. The number of Topliss-reactive ketones (excluding diaryl/α,β-unsaturated/α-hetero) is 1. The maximum absolute atomic E-state index is 14.7. The molecule has 60 heavy (non-hydrogen) atoms. The number of methoxy groups -OCH3 is 2. The minimum atomic E-state index is -1.47. The van der Waals surface area contributed by atoms with Gasteiger partial charge in [0.15, 0.2) is 18.2 Å². The number of ketones is 1. The van der Waals surface area contributed by atoms with Crippen molar-refractivity contribution in [1.82, 2.24) is 9.80 Å². The molecule has 4 heterocycles. The first-order valence-corrected chi connectivity index (χ1v) is 21.6. The normalized spacial score (nSPS) is 44.8. The number of nitrogens with zero attached hydrogens (tertiary/aromatic N) is 2. The number of aliphatic hydroxyl groups excluding tert-OH is 3. The molecule has 4 saturated heterocycles. The van der Waals surface area contributed by atoms with Gasteiger partial charge in [-0.15, -0.1) is 12.3 Å². The molecule has 4 fully saturated rings. The minimum absolute atomic E-state index is 0.0963. The second kappa shape index (κ2) is 20.4. The molecule has 344 valence electrons. The van der Waals surface area contributed by atoms with Crippen LogP contribution < -0.4 is 0 Å². The van der Waals surface area contributed by atoms with Gasteiger partial charge in [-0.2, -0.15) is 0 Å². The molecule has 0 bridgehead atoms. The second-order valence-electron chi connectivity index (χ2n) is 18.3. The van der Waals surface area contributed by atoms with Crippen LogP contribution in [0.1, 0.15) is 101 Å². The number of carbonyl (C=O) groups excluding carboxylic acids is 3. The Labute approximate surface area is 357 Å². The van der Waals surface area contributed by atoms with Gasteiger partial charge < -0.3 is 53.2 Å². The molecule has 3 N–H and O–H groups in total. The maximum Gasteiger partial charge on any atom is 0.411 e. The fraction of sp³-hybridized carbons (Fsp3) is 0.886. The highest BCUT2D eigenvalue weighted by Gasteiger charge is 2.61. The van der Waals surface area contributed by atoms with Crippen molar-refractivity contribution in [3.05, 3.63) is 0 Å². The Morgan fingerprint density at radius 3 is 2.18 bits per heavy atom. The molecule has 1 amide bonds. The van der Waals surface area contributed by atoms with Crippen molar-refractivity contribution >= 4 is 17.8 Å². The quantitative estimate of drug-likeness (QED) is 0.191. The first kappa shape index (κ1) is 50.2. The Bertz CT molecular complexity index is 1510. The number of rotatable bonds is 12. The average Bonchev–Trinajstić information content (AvgIpc) is 3.47. The number of ether oxygens (including phenoxy) is 8. The van der Waals surface area contributed by atoms with E-state index in [1.54, 1.807) is 48.5 Å². The van der Waals surface area contributed by atoms with Crippen LogP contribution in [0.2, 0.25) is 0 Å². The van der Waals surface area contributed by atoms with Crippen molar-refractivity contribution in [3.63, 3.8) is 0 Å². The Hall–Kier alpha value is -2.43. The maximum atomic E-state index is 14.7. The lowest BCUT2D eigenvalue weighted by molar-refractivity contribution is -0.319. The molecule has 0 aliphatic carbocycles. The van der Waals surface area contributed by atoms with E-state index < -0.39 is 108 Å². The molecule has 18 atom stereocenters. The number of fused-ring (bicyclic) bond motifs is 1. The number of carbonyl (C=O) groups is 3. The summed E-state index contributed by atoms with van der Waals surface area (Å²) in [7, 11) is 4.92. The predicted octanol–water partition coefficient (Wildman–Crippen LogP) is 3.29. The van der Waals surface area contributed by atoms with E-state index in [9.17, 15) is 29.7 Å². The average molecular weight is 855 g/mol. The Balaban J connectivity index is 1.90. The smallest absolute Gasteiger partial charge is 0.411 e. The topological polar surface area (TPSA) is 192 Å². The highest BCUT2D eigenvalue weighted by molar-refractivity contribution is 5.85. The third-order valence-corrected chi connectivity index (χ3v) is 14.0. The molecular weight excluding hydrogens is 780 g/mol. The third-order valence-electron chi connectivity index (χ3n) is 14.0. The van der Waals surface area contributed by atoms with Crippen LogP contribution >= 0.6 is 0 Å². The monoisotopic (exact) mass is 855 g/mol. The van der Waals surface area contributed by atoms with Crippen molar-refractivity contribution in [1.29, 1.82) is 0 Å². The lowest BCUT2D eigenvalue weighted by atomic mass is 9.73. The largest absolute Gasteiger partial charge is 0.458 e. The van der Waals surface area contributed by atoms with Gasteiger partial charge in [-0.1, -0.05) is 27.7 Å².